The van der Waals surface area contributed by atoms with Gasteiger partial charge in [-0.25, -0.2) is 14.6 Å². The number of piperazine rings is 1. The molecule has 2 aliphatic rings. The first-order valence-electron chi connectivity index (χ1n) is 8.08. The topological polar surface area (TPSA) is 100 Å². The Morgan fingerprint density at radius 1 is 0.870 bits per heavy atom. The van der Waals surface area contributed by atoms with Crippen LogP contribution >= 0.6 is 0 Å². The quantitative estimate of drug-likeness (QED) is 0.846. The minimum atomic E-state index is -0.00163. The maximum absolute atomic E-state index is 11.7. The molecule has 0 bridgehead atoms. The van der Waals surface area contributed by atoms with Gasteiger partial charge in [0.25, 0.3) is 0 Å². The number of aromatic nitrogens is 4. The number of carbonyl (C=O) groups is 1. The van der Waals surface area contributed by atoms with E-state index in [1.807, 2.05) is 4.90 Å². The molecule has 2 aromatic heterocycles. The third-order valence-electron chi connectivity index (χ3n) is 4.32. The van der Waals surface area contributed by atoms with Crippen LogP contribution < -0.4 is 15.1 Å². The lowest BCUT2D eigenvalue weighted by molar-refractivity contribution is -0.120. The Bertz CT molecular complexity index is 708. The van der Waals surface area contributed by atoms with Gasteiger partial charge in [-0.3, -0.25) is 4.79 Å². The standard InChI is InChI=1S/C14H19N7O2/c22-10-9-21(8-5-15-10)14-13(20-6-3-1-2-4-7-20)16-11-12(17-14)19-23-18-11/h1-9H2,(H,15,22). The van der Waals surface area contributed by atoms with Crippen molar-refractivity contribution in [3.05, 3.63) is 0 Å². The molecule has 9 nitrogen and oxygen atoms in total. The Kier molecular flexibility index (Phi) is 3.68. The highest BCUT2D eigenvalue weighted by Gasteiger charge is 2.26. The highest BCUT2D eigenvalue weighted by molar-refractivity contribution is 5.84. The molecule has 0 aliphatic carbocycles. The van der Waals surface area contributed by atoms with E-state index in [1.165, 1.54) is 12.8 Å². The normalized spacial score (nSPS) is 19.7. The van der Waals surface area contributed by atoms with Gasteiger partial charge in [0.15, 0.2) is 11.6 Å². The molecule has 9 heteroatoms. The molecule has 2 aromatic rings. The van der Waals surface area contributed by atoms with E-state index < -0.39 is 0 Å². The second kappa shape index (κ2) is 5.98. The summed E-state index contributed by atoms with van der Waals surface area (Å²) in [5.41, 5.74) is 0.791. The summed E-state index contributed by atoms with van der Waals surface area (Å²) in [5.74, 6) is 1.48. The molecular weight excluding hydrogens is 298 g/mol. The van der Waals surface area contributed by atoms with E-state index in [0.29, 0.717) is 30.2 Å². The van der Waals surface area contributed by atoms with Crippen molar-refractivity contribution in [1.82, 2.24) is 25.6 Å². The molecule has 2 fully saturated rings. The monoisotopic (exact) mass is 317 g/mol. The number of amides is 1. The van der Waals surface area contributed by atoms with Gasteiger partial charge in [-0.2, -0.15) is 0 Å². The molecule has 0 atom stereocenters. The predicted molar refractivity (Wildman–Crippen MR) is 83.3 cm³/mol. The van der Waals surface area contributed by atoms with Crippen LogP contribution in [-0.4, -0.2) is 58.9 Å². The lowest BCUT2D eigenvalue weighted by atomic mass is 10.2. The number of rotatable bonds is 2. The first-order chi connectivity index (χ1) is 11.3. The molecule has 122 valence electrons. The van der Waals surface area contributed by atoms with E-state index in [0.717, 1.165) is 31.7 Å². The van der Waals surface area contributed by atoms with Crippen molar-refractivity contribution in [3.8, 4) is 0 Å². The zero-order valence-electron chi connectivity index (χ0n) is 12.9. The number of hydrogen-bond donors (Lipinski definition) is 1. The average Bonchev–Trinajstić information content (AvgIpc) is 2.85. The van der Waals surface area contributed by atoms with Crippen molar-refractivity contribution >= 4 is 28.8 Å². The molecule has 1 N–H and O–H groups in total. The maximum Gasteiger partial charge on any atom is 0.245 e. The van der Waals surface area contributed by atoms with Crippen LogP contribution in [0.15, 0.2) is 4.63 Å². The summed E-state index contributed by atoms with van der Waals surface area (Å²) in [6.45, 7) is 3.48. The van der Waals surface area contributed by atoms with Gasteiger partial charge in [0.05, 0.1) is 6.54 Å². The fourth-order valence-electron chi connectivity index (χ4n) is 3.15. The molecule has 0 radical (unpaired) electrons. The van der Waals surface area contributed by atoms with Crippen molar-refractivity contribution < 1.29 is 9.42 Å². The Balaban J connectivity index is 1.76. The van der Waals surface area contributed by atoms with Gasteiger partial charge < -0.3 is 15.1 Å². The van der Waals surface area contributed by atoms with Gasteiger partial charge in [0.1, 0.15) is 0 Å². The van der Waals surface area contributed by atoms with Gasteiger partial charge >= 0.3 is 0 Å². The second-order valence-electron chi connectivity index (χ2n) is 5.96. The van der Waals surface area contributed by atoms with E-state index in [4.69, 9.17) is 4.63 Å². The van der Waals surface area contributed by atoms with Gasteiger partial charge in [-0.1, -0.05) is 12.8 Å². The van der Waals surface area contributed by atoms with Gasteiger partial charge in [0, 0.05) is 26.2 Å². The van der Waals surface area contributed by atoms with Crippen LogP contribution in [0.2, 0.25) is 0 Å². The molecule has 0 unspecified atom stereocenters. The van der Waals surface area contributed by atoms with E-state index in [1.54, 1.807) is 0 Å². The number of carbonyl (C=O) groups excluding carboxylic acids is 1. The van der Waals surface area contributed by atoms with E-state index in [-0.39, 0.29) is 12.5 Å². The molecule has 1 amide bonds. The second-order valence-corrected chi connectivity index (χ2v) is 5.96. The molecule has 4 heterocycles. The first-order valence-corrected chi connectivity index (χ1v) is 8.08. The first kappa shape index (κ1) is 14.2. The van der Waals surface area contributed by atoms with Crippen LogP contribution in [0.1, 0.15) is 25.7 Å². The Morgan fingerprint density at radius 2 is 1.52 bits per heavy atom. The third kappa shape index (κ3) is 2.78. The zero-order chi connectivity index (χ0) is 15.6. The number of hydrogen-bond acceptors (Lipinski definition) is 8. The average molecular weight is 317 g/mol. The third-order valence-corrected chi connectivity index (χ3v) is 4.32. The summed E-state index contributed by atoms with van der Waals surface area (Å²) < 4.78 is 4.75. The summed E-state index contributed by atoms with van der Waals surface area (Å²) in [4.78, 5) is 25.1. The highest BCUT2D eigenvalue weighted by atomic mass is 16.6. The van der Waals surface area contributed by atoms with E-state index in [2.05, 4.69) is 30.5 Å². The minimum absolute atomic E-state index is 0.00163. The van der Waals surface area contributed by atoms with Gasteiger partial charge in [-0.05, 0) is 23.2 Å². The fraction of sp³-hybridized carbons (Fsp3) is 0.643. The largest absolute Gasteiger partial charge is 0.353 e. The predicted octanol–water partition coefficient (Wildman–Crippen LogP) is 0.329. The minimum Gasteiger partial charge on any atom is -0.353 e. The van der Waals surface area contributed by atoms with Crippen molar-refractivity contribution in [2.24, 2.45) is 0 Å². The fourth-order valence-corrected chi connectivity index (χ4v) is 3.15. The van der Waals surface area contributed by atoms with Crippen molar-refractivity contribution in [1.29, 1.82) is 0 Å². The zero-order valence-corrected chi connectivity index (χ0v) is 12.9. The highest BCUT2D eigenvalue weighted by Crippen LogP contribution is 2.29. The molecule has 0 spiro atoms. The summed E-state index contributed by atoms with van der Waals surface area (Å²) in [6.07, 6.45) is 4.74. The SMILES string of the molecule is O=C1CN(c2nc3nonc3nc2N2CCCCCC2)CCN1. The van der Waals surface area contributed by atoms with E-state index in [9.17, 15) is 4.79 Å². The lowest BCUT2D eigenvalue weighted by Crippen LogP contribution is -2.48. The number of nitrogens with one attached hydrogen (secondary N) is 1. The molecular formula is C14H19N7O2. The molecule has 2 aliphatic heterocycles. The Labute approximate surface area is 133 Å². The maximum atomic E-state index is 11.7. The van der Waals surface area contributed by atoms with Crippen LogP contribution in [0.25, 0.3) is 11.3 Å². The summed E-state index contributed by atoms with van der Waals surface area (Å²) in [5, 5.41) is 10.4. The number of anilines is 2. The van der Waals surface area contributed by atoms with Crippen LogP contribution in [-0.2, 0) is 4.79 Å². The molecule has 0 saturated carbocycles. The smallest absolute Gasteiger partial charge is 0.245 e. The van der Waals surface area contributed by atoms with Crippen molar-refractivity contribution in [2.75, 3.05) is 42.5 Å². The van der Waals surface area contributed by atoms with Crippen molar-refractivity contribution in [2.45, 2.75) is 25.7 Å². The lowest BCUT2D eigenvalue weighted by Gasteiger charge is -2.31. The Morgan fingerprint density at radius 3 is 2.17 bits per heavy atom. The Hall–Kier alpha value is -2.45. The van der Waals surface area contributed by atoms with Gasteiger partial charge in [-0.15, -0.1) is 0 Å². The molecule has 23 heavy (non-hydrogen) atoms. The number of fused-ring (bicyclic) bond motifs is 1. The summed E-state index contributed by atoms with van der Waals surface area (Å²) in [6, 6.07) is 0. The number of nitrogens with zero attached hydrogens (tertiary/aromatic N) is 6. The summed E-state index contributed by atoms with van der Waals surface area (Å²) in [7, 11) is 0. The van der Waals surface area contributed by atoms with Crippen LogP contribution in [0.5, 0.6) is 0 Å². The van der Waals surface area contributed by atoms with Crippen LogP contribution in [0.3, 0.4) is 0 Å². The molecule has 4 rings (SSSR count). The van der Waals surface area contributed by atoms with Gasteiger partial charge in [0.2, 0.25) is 17.2 Å². The summed E-state index contributed by atoms with van der Waals surface area (Å²) >= 11 is 0. The van der Waals surface area contributed by atoms with Crippen LogP contribution in [0, 0.1) is 0 Å². The van der Waals surface area contributed by atoms with Crippen molar-refractivity contribution in [3.63, 3.8) is 0 Å². The molecule has 0 aromatic carbocycles. The van der Waals surface area contributed by atoms with Crippen LogP contribution in [0.4, 0.5) is 11.6 Å². The molecule has 2 saturated heterocycles. The van der Waals surface area contributed by atoms with E-state index >= 15 is 0 Å².